The quantitative estimate of drug-likeness (QED) is 0.481. The predicted molar refractivity (Wildman–Crippen MR) is 134 cm³/mol. The van der Waals surface area contributed by atoms with E-state index in [0.29, 0.717) is 25.2 Å². The van der Waals surface area contributed by atoms with Crippen LogP contribution in [-0.4, -0.2) is 42.9 Å². The zero-order valence-electron chi connectivity index (χ0n) is 19.7. The number of halogens is 1. The lowest BCUT2D eigenvalue weighted by Gasteiger charge is -2.44. The van der Waals surface area contributed by atoms with Crippen LogP contribution in [0.15, 0.2) is 72.8 Å². The van der Waals surface area contributed by atoms with Crippen molar-refractivity contribution in [1.82, 2.24) is 4.90 Å². The van der Waals surface area contributed by atoms with Gasteiger partial charge in [0.25, 0.3) is 0 Å². The van der Waals surface area contributed by atoms with Crippen molar-refractivity contribution in [3.05, 3.63) is 101 Å². The van der Waals surface area contributed by atoms with Gasteiger partial charge in [-0.25, -0.2) is 9.18 Å². The maximum atomic E-state index is 14.5. The van der Waals surface area contributed by atoms with Crippen molar-refractivity contribution in [2.45, 2.75) is 30.8 Å². The van der Waals surface area contributed by atoms with Crippen molar-refractivity contribution in [2.75, 3.05) is 19.8 Å². The molecule has 6 heteroatoms. The second kappa shape index (κ2) is 9.25. The largest absolute Gasteiger partial charge is 0.448 e. The number of rotatable bonds is 4. The summed E-state index contributed by atoms with van der Waals surface area (Å²) in [5, 5.41) is 8.87. The van der Waals surface area contributed by atoms with Crippen LogP contribution in [0.5, 0.6) is 0 Å². The molecule has 2 heterocycles. The monoisotopic (exact) mass is 480 g/mol. The molecule has 3 aromatic carbocycles. The SMILES string of the molecule is N#CCc1ccc(C2=CC3COCC(C2)N3C(=O)OCC2c3ccccc3-c3ccccc32)cc1F. The molecule has 1 aliphatic carbocycles. The van der Waals surface area contributed by atoms with Crippen molar-refractivity contribution >= 4 is 11.7 Å². The molecule has 5 nitrogen and oxygen atoms in total. The summed E-state index contributed by atoms with van der Waals surface area (Å²) in [5.74, 6) is -0.376. The maximum Gasteiger partial charge on any atom is 0.410 e. The van der Waals surface area contributed by atoms with Crippen molar-refractivity contribution in [3.63, 3.8) is 0 Å². The van der Waals surface area contributed by atoms with Gasteiger partial charge in [-0.1, -0.05) is 66.7 Å². The third-order valence-corrected chi connectivity index (χ3v) is 7.44. The van der Waals surface area contributed by atoms with E-state index in [1.807, 2.05) is 42.5 Å². The molecule has 0 aromatic heterocycles. The highest BCUT2D eigenvalue weighted by molar-refractivity contribution is 5.79. The highest BCUT2D eigenvalue weighted by Crippen LogP contribution is 2.44. The van der Waals surface area contributed by atoms with Gasteiger partial charge in [0.05, 0.1) is 37.8 Å². The number of ether oxygens (including phenoxy) is 2. The molecule has 6 rings (SSSR count). The number of benzene rings is 3. The molecule has 2 aliphatic heterocycles. The molecule has 2 unspecified atom stereocenters. The smallest absolute Gasteiger partial charge is 0.410 e. The number of nitriles is 1. The predicted octanol–water partition coefficient (Wildman–Crippen LogP) is 5.70. The molecule has 0 N–H and O–H groups in total. The molecular weight excluding hydrogens is 455 g/mol. The second-order valence-electron chi connectivity index (χ2n) is 9.51. The van der Waals surface area contributed by atoms with Crippen LogP contribution in [0.4, 0.5) is 9.18 Å². The highest BCUT2D eigenvalue weighted by Gasteiger charge is 2.40. The Morgan fingerprint density at radius 3 is 2.44 bits per heavy atom. The molecule has 1 saturated heterocycles. The van der Waals surface area contributed by atoms with Crippen LogP contribution in [0.25, 0.3) is 16.7 Å². The van der Waals surface area contributed by atoms with E-state index in [2.05, 4.69) is 24.3 Å². The van der Waals surface area contributed by atoms with E-state index < -0.39 is 0 Å². The lowest BCUT2D eigenvalue weighted by molar-refractivity contribution is -0.0331. The number of carbonyl (C=O) groups is 1. The van der Waals surface area contributed by atoms with Crippen molar-refractivity contribution in [2.24, 2.45) is 0 Å². The third-order valence-electron chi connectivity index (χ3n) is 7.44. The van der Waals surface area contributed by atoms with Crippen LogP contribution < -0.4 is 0 Å². The molecule has 0 spiro atoms. The Balaban J connectivity index is 1.21. The minimum absolute atomic E-state index is 0.00299. The summed E-state index contributed by atoms with van der Waals surface area (Å²) in [6.07, 6.45) is 2.23. The Morgan fingerprint density at radius 2 is 1.78 bits per heavy atom. The van der Waals surface area contributed by atoms with Crippen LogP contribution in [0.1, 0.15) is 34.6 Å². The number of carbonyl (C=O) groups excluding carboxylic acids is 1. The van der Waals surface area contributed by atoms with E-state index in [0.717, 1.165) is 11.1 Å². The fourth-order valence-electron chi connectivity index (χ4n) is 5.74. The number of hydrogen-bond acceptors (Lipinski definition) is 4. The van der Waals surface area contributed by atoms with Gasteiger partial charge >= 0.3 is 6.09 Å². The maximum absolute atomic E-state index is 14.5. The first-order chi connectivity index (χ1) is 17.6. The van der Waals surface area contributed by atoms with Gasteiger partial charge in [0, 0.05) is 11.5 Å². The normalized spacial score (nSPS) is 20.2. The number of fused-ring (bicyclic) bond motifs is 5. The van der Waals surface area contributed by atoms with Gasteiger partial charge in [0.1, 0.15) is 12.4 Å². The topological polar surface area (TPSA) is 62.6 Å². The average Bonchev–Trinajstić information content (AvgIpc) is 3.21. The van der Waals surface area contributed by atoms with Gasteiger partial charge in [-0.3, -0.25) is 4.90 Å². The number of morpholine rings is 1. The van der Waals surface area contributed by atoms with Crippen LogP contribution >= 0.6 is 0 Å². The molecular formula is C30H25FN2O3. The minimum atomic E-state index is -0.379. The summed E-state index contributed by atoms with van der Waals surface area (Å²) in [7, 11) is 0. The lowest BCUT2D eigenvalue weighted by Crippen LogP contribution is -2.56. The summed E-state index contributed by atoms with van der Waals surface area (Å²) in [6.45, 7) is 1.05. The zero-order valence-corrected chi connectivity index (χ0v) is 19.7. The van der Waals surface area contributed by atoms with Crippen LogP contribution in [0.2, 0.25) is 0 Å². The molecule has 0 saturated carbocycles. The van der Waals surface area contributed by atoms with Crippen molar-refractivity contribution < 1.29 is 18.7 Å². The van der Waals surface area contributed by atoms with E-state index in [-0.39, 0.29) is 42.9 Å². The van der Waals surface area contributed by atoms with Gasteiger partial charge in [-0.2, -0.15) is 5.26 Å². The number of amides is 1. The molecule has 3 aromatic rings. The molecule has 2 atom stereocenters. The van der Waals surface area contributed by atoms with E-state index >= 15 is 0 Å². The summed E-state index contributed by atoms with van der Waals surface area (Å²) in [4.78, 5) is 15.1. The highest BCUT2D eigenvalue weighted by atomic mass is 19.1. The minimum Gasteiger partial charge on any atom is -0.448 e. The molecule has 36 heavy (non-hydrogen) atoms. The molecule has 2 bridgehead atoms. The molecule has 3 aliphatic rings. The Hall–Kier alpha value is -3.95. The van der Waals surface area contributed by atoms with Gasteiger partial charge in [0.15, 0.2) is 0 Å². The first kappa shape index (κ1) is 22.5. The van der Waals surface area contributed by atoms with Crippen LogP contribution in [0, 0.1) is 17.1 Å². The first-order valence-corrected chi connectivity index (χ1v) is 12.2. The molecule has 1 amide bonds. The van der Waals surface area contributed by atoms with Crippen molar-refractivity contribution in [3.8, 4) is 17.2 Å². The average molecular weight is 481 g/mol. The van der Waals surface area contributed by atoms with Gasteiger partial charge in [-0.05, 0) is 45.9 Å². The van der Waals surface area contributed by atoms with E-state index in [1.54, 1.807) is 11.0 Å². The Labute approximate surface area is 209 Å². The molecule has 180 valence electrons. The fourth-order valence-corrected chi connectivity index (χ4v) is 5.74. The van der Waals surface area contributed by atoms with E-state index in [9.17, 15) is 9.18 Å². The fraction of sp³-hybridized carbons (Fsp3) is 0.267. The van der Waals surface area contributed by atoms with Crippen molar-refractivity contribution in [1.29, 1.82) is 5.26 Å². The Bertz CT molecular complexity index is 1360. The number of nitrogens with zero attached hydrogens (tertiary/aromatic N) is 2. The Morgan fingerprint density at radius 1 is 1.06 bits per heavy atom. The number of hydrogen-bond donors (Lipinski definition) is 0. The van der Waals surface area contributed by atoms with Gasteiger partial charge in [-0.15, -0.1) is 0 Å². The standard InChI is InChI=1S/C30H25FN2O3/c31-29-15-20(10-9-19(29)11-12-32)21-13-22-16-35-17-23(14-21)33(22)30(34)36-18-28-26-7-3-1-5-24(26)25-6-2-4-8-27(25)28/h1-10,13,15,22-23,28H,11,14,16-18H2. The summed E-state index contributed by atoms with van der Waals surface area (Å²) < 4.78 is 26.1. The molecule has 0 radical (unpaired) electrons. The van der Waals surface area contributed by atoms with E-state index in [4.69, 9.17) is 14.7 Å². The van der Waals surface area contributed by atoms with E-state index in [1.165, 1.54) is 28.3 Å². The van der Waals surface area contributed by atoms with Gasteiger partial charge < -0.3 is 9.47 Å². The van der Waals surface area contributed by atoms with Gasteiger partial charge in [0.2, 0.25) is 0 Å². The zero-order chi connectivity index (χ0) is 24.6. The third kappa shape index (κ3) is 3.86. The summed E-state index contributed by atoms with van der Waals surface area (Å²) in [5.41, 5.74) is 6.89. The van der Waals surface area contributed by atoms with Crippen LogP contribution in [0.3, 0.4) is 0 Å². The molecule has 1 fully saturated rings. The summed E-state index contributed by atoms with van der Waals surface area (Å²) >= 11 is 0. The summed E-state index contributed by atoms with van der Waals surface area (Å²) in [6, 6.07) is 23.1. The first-order valence-electron chi connectivity index (χ1n) is 12.2. The lowest BCUT2D eigenvalue weighted by atomic mass is 9.89. The second-order valence-corrected chi connectivity index (χ2v) is 9.51. The Kier molecular flexibility index (Phi) is 5.79. The van der Waals surface area contributed by atoms with Crippen LogP contribution in [-0.2, 0) is 15.9 Å².